The van der Waals surface area contributed by atoms with Gasteiger partial charge in [-0.2, -0.15) is 0 Å². The first-order valence-electron chi connectivity index (χ1n) is 9.89. The fourth-order valence-corrected chi connectivity index (χ4v) is 4.26. The van der Waals surface area contributed by atoms with Gasteiger partial charge in [0.15, 0.2) is 5.60 Å². The van der Waals surface area contributed by atoms with Crippen molar-refractivity contribution in [1.29, 1.82) is 0 Å². The summed E-state index contributed by atoms with van der Waals surface area (Å²) in [5, 5.41) is 11.3. The normalized spacial score (nSPS) is 36.3. The van der Waals surface area contributed by atoms with E-state index in [4.69, 9.17) is 23.7 Å². The number of rotatable bonds is 4. The molecule has 0 amide bonds. The molecule has 0 radical (unpaired) electrons. The highest BCUT2D eigenvalue weighted by Crippen LogP contribution is 2.50. The van der Waals surface area contributed by atoms with Gasteiger partial charge in [-0.25, -0.2) is 4.79 Å². The summed E-state index contributed by atoms with van der Waals surface area (Å²) in [5.41, 5.74) is -2.53. The number of carbonyl (C=O) groups is 4. The molecule has 1 fully saturated rings. The third kappa shape index (κ3) is 4.35. The predicted molar refractivity (Wildman–Crippen MR) is 102 cm³/mol. The fraction of sp³-hybridized carbons (Fsp3) is 0.619. The summed E-state index contributed by atoms with van der Waals surface area (Å²) in [7, 11) is 0. The van der Waals surface area contributed by atoms with Crippen molar-refractivity contribution in [3.8, 4) is 0 Å². The van der Waals surface area contributed by atoms with Crippen LogP contribution in [0.25, 0.3) is 0 Å². The van der Waals surface area contributed by atoms with Crippen molar-refractivity contribution in [3.63, 3.8) is 0 Å². The lowest BCUT2D eigenvalue weighted by Gasteiger charge is -2.42. The molecule has 1 saturated heterocycles. The fourth-order valence-electron chi connectivity index (χ4n) is 4.26. The molecular weight excluding hydrogens is 412 g/mol. The molecule has 0 aromatic heterocycles. The van der Waals surface area contributed by atoms with Crippen LogP contribution in [0.5, 0.6) is 0 Å². The van der Waals surface area contributed by atoms with E-state index in [1.807, 2.05) is 0 Å². The van der Waals surface area contributed by atoms with Gasteiger partial charge in [0.1, 0.15) is 18.5 Å². The minimum absolute atomic E-state index is 0.00811. The summed E-state index contributed by atoms with van der Waals surface area (Å²) < 4.78 is 27.3. The lowest BCUT2D eigenvalue weighted by atomic mass is 9.82. The van der Waals surface area contributed by atoms with Gasteiger partial charge >= 0.3 is 23.9 Å². The molecule has 10 nitrogen and oxygen atoms in total. The van der Waals surface area contributed by atoms with E-state index in [-0.39, 0.29) is 29.7 Å². The van der Waals surface area contributed by atoms with Gasteiger partial charge in [-0.05, 0) is 26.3 Å². The zero-order chi connectivity index (χ0) is 23.2. The Kier molecular flexibility index (Phi) is 5.74. The second-order valence-corrected chi connectivity index (χ2v) is 8.40. The van der Waals surface area contributed by atoms with E-state index in [1.54, 1.807) is 6.92 Å². The maximum Gasteiger partial charge on any atom is 0.343 e. The quantitative estimate of drug-likeness (QED) is 0.504. The lowest BCUT2D eigenvalue weighted by Crippen LogP contribution is -2.57. The number of ether oxygens (including phenoxy) is 5. The molecule has 31 heavy (non-hydrogen) atoms. The highest BCUT2D eigenvalue weighted by atomic mass is 16.7. The van der Waals surface area contributed by atoms with Crippen molar-refractivity contribution < 1.29 is 48.0 Å². The van der Waals surface area contributed by atoms with Crippen molar-refractivity contribution in [1.82, 2.24) is 0 Å². The predicted octanol–water partition coefficient (Wildman–Crippen LogP) is 1.20. The van der Waals surface area contributed by atoms with Crippen LogP contribution in [-0.4, -0.2) is 58.7 Å². The summed E-state index contributed by atoms with van der Waals surface area (Å²) in [5.74, 6) is -4.52. The molecular formula is C21H26O10. The number of carbonyl (C=O) groups excluding carboxylic acids is 4. The van der Waals surface area contributed by atoms with Crippen LogP contribution in [0.3, 0.4) is 0 Å². The molecule has 0 aromatic carbocycles. The number of esters is 4. The van der Waals surface area contributed by atoms with Gasteiger partial charge in [0, 0.05) is 39.2 Å². The molecule has 0 unspecified atom stereocenters. The van der Waals surface area contributed by atoms with E-state index in [1.165, 1.54) is 33.8 Å². The van der Waals surface area contributed by atoms with Gasteiger partial charge in [-0.15, -0.1) is 0 Å². The molecule has 4 atom stereocenters. The highest BCUT2D eigenvalue weighted by molar-refractivity contribution is 5.95. The number of aliphatic hydroxyl groups is 1. The van der Waals surface area contributed by atoms with Gasteiger partial charge in [-0.1, -0.05) is 0 Å². The summed E-state index contributed by atoms with van der Waals surface area (Å²) in [6.45, 7) is 6.33. The van der Waals surface area contributed by atoms with E-state index in [0.29, 0.717) is 6.42 Å². The van der Waals surface area contributed by atoms with Crippen molar-refractivity contribution in [2.75, 3.05) is 6.61 Å². The Morgan fingerprint density at radius 3 is 2.39 bits per heavy atom. The molecule has 170 valence electrons. The average molecular weight is 438 g/mol. The van der Waals surface area contributed by atoms with Crippen LogP contribution in [0.1, 0.15) is 53.9 Å². The summed E-state index contributed by atoms with van der Waals surface area (Å²) >= 11 is 0. The van der Waals surface area contributed by atoms with Crippen molar-refractivity contribution in [3.05, 3.63) is 23.0 Å². The molecule has 10 heteroatoms. The maximum atomic E-state index is 12.6. The Morgan fingerprint density at radius 2 is 1.81 bits per heavy atom. The van der Waals surface area contributed by atoms with Crippen LogP contribution in [-0.2, 0) is 42.9 Å². The first-order chi connectivity index (χ1) is 14.3. The van der Waals surface area contributed by atoms with Crippen LogP contribution in [0.4, 0.5) is 0 Å². The largest absolute Gasteiger partial charge is 0.461 e. The van der Waals surface area contributed by atoms with E-state index in [2.05, 4.69) is 0 Å². The Labute approximate surface area is 179 Å². The maximum absolute atomic E-state index is 12.6. The van der Waals surface area contributed by atoms with E-state index in [0.717, 1.165) is 0 Å². The first-order valence-corrected chi connectivity index (χ1v) is 9.89. The molecule has 3 aliphatic heterocycles. The van der Waals surface area contributed by atoms with Crippen molar-refractivity contribution in [2.24, 2.45) is 0 Å². The third-order valence-electron chi connectivity index (χ3n) is 5.66. The third-order valence-corrected chi connectivity index (χ3v) is 5.66. The van der Waals surface area contributed by atoms with Crippen LogP contribution < -0.4 is 0 Å². The smallest absolute Gasteiger partial charge is 0.343 e. The Hall–Kier alpha value is -2.72. The van der Waals surface area contributed by atoms with Crippen molar-refractivity contribution in [2.45, 2.75) is 77.0 Å². The lowest BCUT2D eigenvalue weighted by molar-refractivity contribution is -0.302. The van der Waals surface area contributed by atoms with Gasteiger partial charge < -0.3 is 28.8 Å². The average Bonchev–Trinajstić information content (AvgIpc) is 3.08. The molecule has 3 aliphatic rings. The van der Waals surface area contributed by atoms with Gasteiger partial charge in [0.25, 0.3) is 0 Å². The topological polar surface area (TPSA) is 135 Å². The standard InChI is InChI=1S/C21H26O10/c1-11(22)27-10-14-17-15(29-18(14)25)8-19(4)6-7-21(26,31-19)20(5,30-13(3)24)9-16(17)28-12(2)23/h8,16,26H,6-7,9-10H2,1-5H3/b15-8+/t16-,19+,20+,21-/m1/s1. The second kappa shape index (κ2) is 7.76. The Bertz CT molecular complexity index is 902. The molecule has 2 bridgehead atoms. The monoisotopic (exact) mass is 438 g/mol. The SMILES string of the molecule is CC(=O)OCC1=C2/C(=C\[C@]3(C)CC[C@@](O)(O3)[C@@](C)(OC(C)=O)C[C@H]2OC(C)=O)OC1=O. The van der Waals surface area contributed by atoms with Crippen LogP contribution >= 0.6 is 0 Å². The molecule has 0 aliphatic carbocycles. The van der Waals surface area contributed by atoms with Gasteiger partial charge in [-0.3, -0.25) is 14.4 Å². The zero-order valence-corrected chi connectivity index (χ0v) is 18.1. The number of hydrogen-bond acceptors (Lipinski definition) is 10. The van der Waals surface area contributed by atoms with Crippen LogP contribution in [0.2, 0.25) is 0 Å². The number of hydrogen-bond donors (Lipinski definition) is 1. The van der Waals surface area contributed by atoms with E-state index < -0.39 is 53.6 Å². The first kappa shape index (κ1) is 23.0. The molecule has 1 N–H and O–H groups in total. The van der Waals surface area contributed by atoms with E-state index >= 15 is 0 Å². The second-order valence-electron chi connectivity index (χ2n) is 8.40. The minimum atomic E-state index is -1.89. The Morgan fingerprint density at radius 1 is 1.13 bits per heavy atom. The van der Waals surface area contributed by atoms with Gasteiger partial charge in [0.2, 0.25) is 5.79 Å². The van der Waals surface area contributed by atoms with Crippen LogP contribution in [0, 0.1) is 0 Å². The molecule has 3 heterocycles. The Balaban J connectivity index is 2.21. The summed E-state index contributed by atoms with van der Waals surface area (Å²) in [4.78, 5) is 47.7. The summed E-state index contributed by atoms with van der Waals surface area (Å²) in [6.07, 6.45) is 0.602. The number of fused-ring (bicyclic) bond motifs is 3. The van der Waals surface area contributed by atoms with Crippen molar-refractivity contribution >= 4 is 23.9 Å². The highest BCUT2D eigenvalue weighted by Gasteiger charge is 2.61. The molecule has 3 rings (SSSR count). The minimum Gasteiger partial charge on any atom is -0.461 e. The summed E-state index contributed by atoms with van der Waals surface area (Å²) in [6, 6.07) is 0. The van der Waals surface area contributed by atoms with Gasteiger partial charge in [0.05, 0.1) is 11.2 Å². The van der Waals surface area contributed by atoms with Crippen LogP contribution in [0.15, 0.2) is 23.0 Å². The molecule has 0 aromatic rings. The van der Waals surface area contributed by atoms with E-state index in [9.17, 15) is 24.3 Å². The zero-order valence-electron chi connectivity index (χ0n) is 18.1. The molecule has 0 saturated carbocycles. The molecule has 0 spiro atoms.